The fraction of sp³-hybridized carbons (Fsp3) is 0.0667. The quantitative estimate of drug-likeness (QED) is 0.892. The van der Waals surface area contributed by atoms with Crippen LogP contribution >= 0.6 is 0 Å². The van der Waals surface area contributed by atoms with Crippen molar-refractivity contribution in [2.24, 2.45) is 0 Å². The average Bonchev–Trinajstić information content (AvgIpc) is 2.38. The number of hydrogen-bond acceptors (Lipinski definition) is 2. The Hall–Kier alpha value is -2.42. The third kappa shape index (κ3) is 3.56. The minimum Gasteiger partial charge on any atom is -0.311 e. The summed E-state index contributed by atoms with van der Waals surface area (Å²) < 4.78 is 0. The molecule has 18 heavy (non-hydrogen) atoms. The fourth-order valence-electron chi connectivity index (χ4n) is 1.51. The van der Waals surface area contributed by atoms with Crippen LogP contribution in [0.4, 0.5) is 5.82 Å². The fourth-order valence-corrected chi connectivity index (χ4v) is 1.51. The lowest BCUT2D eigenvalue weighted by Gasteiger charge is -2.00. The Labute approximate surface area is 106 Å². The van der Waals surface area contributed by atoms with Crippen LogP contribution in [0.3, 0.4) is 0 Å². The summed E-state index contributed by atoms with van der Waals surface area (Å²) in [6, 6.07) is 13.8. The van der Waals surface area contributed by atoms with Crippen molar-refractivity contribution >= 4 is 23.9 Å². The van der Waals surface area contributed by atoms with Gasteiger partial charge < -0.3 is 5.32 Å². The molecule has 0 fully saturated rings. The highest BCUT2D eigenvalue weighted by molar-refractivity contribution is 5.87. The van der Waals surface area contributed by atoms with E-state index in [0.717, 1.165) is 11.1 Å². The van der Waals surface area contributed by atoms with Crippen molar-refractivity contribution in [2.45, 2.75) is 6.92 Å². The van der Waals surface area contributed by atoms with Crippen LogP contribution in [0.5, 0.6) is 0 Å². The van der Waals surface area contributed by atoms with Crippen molar-refractivity contribution in [1.29, 1.82) is 0 Å². The van der Waals surface area contributed by atoms with E-state index in [1.165, 1.54) is 6.92 Å². The van der Waals surface area contributed by atoms with E-state index in [-0.39, 0.29) is 5.91 Å². The highest BCUT2D eigenvalue weighted by Gasteiger charge is 1.95. The van der Waals surface area contributed by atoms with Crippen molar-refractivity contribution < 1.29 is 4.79 Å². The lowest BCUT2D eigenvalue weighted by molar-refractivity contribution is -0.114. The summed E-state index contributed by atoms with van der Waals surface area (Å²) in [5, 5.41) is 2.63. The first-order valence-electron chi connectivity index (χ1n) is 5.71. The molecule has 0 saturated heterocycles. The predicted molar refractivity (Wildman–Crippen MR) is 73.9 cm³/mol. The van der Waals surface area contributed by atoms with E-state index in [2.05, 4.69) is 10.3 Å². The first-order valence-corrected chi connectivity index (χ1v) is 5.71. The van der Waals surface area contributed by atoms with Gasteiger partial charge in [-0.25, -0.2) is 4.98 Å². The van der Waals surface area contributed by atoms with Crippen molar-refractivity contribution in [1.82, 2.24) is 4.98 Å². The topological polar surface area (TPSA) is 42.0 Å². The molecule has 2 rings (SSSR count). The van der Waals surface area contributed by atoms with Crippen molar-refractivity contribution in [2.75, 3.05) is 5.32 Å². The number of hydrogen-bond donors (Lipinski definition) is 1. The van der Waals surface area contributed by atoms with Gasteiger partial charge in [0.1, 0.15) is 5.82 Å². The summed E-state index contributed by atoms with van der Waals surface area (Å²) in [7, 11) is 0. The highest BCUT2D eigenvalue weighted by Crippen LogP contribution is 2.09. The SMILES string of the molecule is CC(=O)Nc1ccc(C=Cc2ccccc2)cn1. The molecule has 0 spiro atoms. The maximum atomic E-state index is 10.8. The number of aromatic nitrogens is 1. The van der Waals surface area contributed by atoms with Crippen molar-refractivity contribution in [3.05, 3.63) is 59.8 Å². The number of pyridine rings is 1. The Morgan fingerprint density at radius 2 is 1.78 bits per heavy atom. The number of carbonyl (C=O) groups excluding carboxylic acids is 1. The van der Waals surface area contributed by atoms with Crippen molar-refractivity contribution in [3.8, 4) is 0 Å². The molecule has 1 aromatic heterocycles. The monoisotopic (exact) mass is 238 g/mol. The molecule has 1 amide bonds. The molecular formula is C15H14N2O. The average molecular weight is 238 g/mol. The van der Waals surface area contributed by atoms with Crippen LogP contribution in [0.2, 0.25) is 0 Å². The molecule has 0 atom stereocenters. The molecule has 0 aliphatic heterocycles. The molecule has 0 saturated carbocycles. The van der Waals surface area contributed by atoms with Gasteiger partial charge in [-0.3, -0.25) is 4.79 Å². The zero-order valence-electron chi connectivity index (χ0n) is 10.1. The maximum Gasteiger partial charge on any atom is 0.222 e. The molecule has 1 heterocycles. The van der Waals surface area contributed by atoms with Crippen LogP contribution < -0.4 is 5.32 Å². The Morgan fingerprint density at radius 1 is 1.06 bits per heavy atom. The minimum absolute atomic E-state index is 0.116. The van der Waals surface area contributed by atoms with E-state index in [1.807, 2.05) is 48.6 Å². The smallest absolute Gasteiger partial charge is 0.222 e. The Kier molecular flexibility index (Phi) is 3.86. The molecule has 1 N–H and O–H groups in total. The van der Waals surface area contributed by atoms with Gasteiger partial charge in [0.2, 0.25) is 5.91 Å². The van der Waals surface area contributed by atoms with Crippen LogP contribution in [0.1, 0.15) is 18.1 Å². The second-order valence-electron chi connectivity index (χ2n) is 3.90. The van der Waals surface area contributed by atoms with Gasteiger partial charge in [-0.2, -0.15) is 0 Å². The Balaban J connectivity index is 2.06. The van der Waals surface area contributed by atoms with Crippen LogP contribution in [-0.2, 0) is 4.79 Å². The standard InChI is InChI=1S/C15H14N2O/c1-12(18)17-15-10-9-14(11-16-15)8-7-13-5-3-2-4-6-13/h2-11H,1H3,(H,16,17,18). The van der Waals surface area contributed by atoms with Gasteiger partial charge in [-0.15, -0.1) is 0 Å². The van der Waals surface area contributed by atoms with Crippen LogP contribution in [0.25, 0.3) is 12.2 Å². The van der Waals surface area contributed by atoms with Gasteiger partial charge in [-0.1, -0.05) is 42.5 Å². The zero-order valence-corrected chi connectivity index (χ0v) is 10.1. The van der Waals surface area contributed by atoms with Gasteiger partial charge in [0, 0.05) is 13.1 Å². The normalized spacial score (nSPS) is 10.5. The first-order chi connectivity index (χ1) is 8.74. The van der Waals surface area contributed by atoms with E-state index >= 15 is 0 Å². The molecule has 0 radical (unpaired) electrons. The minimum atomic E-state index is -0.116. The second-order valence-corrected chi connectivity index (χ2v) is 3.90. The molecule has 0 bridgehead atoms. The molecule has 2 aromatic rings. The summed E-state index contributed by atoms with van der Waals surface area (Å²) >= 11 is 0. The molecule has 0 aliphatic rings. The Bertz CT molecular complexity index is 544. The lowest BCUT2D eigenvalue weighted by Crippen LogP contribution is -2.06. The van der Waals surface area contributed by atoms with Gasteiger partial charge in [0.15, 0.2) is 0 Å². The van der Waals surface area contributed by atoms with E-state index in [9.17, 15) is 4.79 Å². The van der Waals surface area contributed by atoms with Crippen LogP contribution in [0.15, 0.2) is 48.7 Å². The number of benzene rings is 1. The van der Waals surface area contributed by atoms with Crippen LogP contribution in [-0.4, -0.2) is 10.9 Å². The molecule has 0 aliphatic carbocycles. The van der Waals surface area contributed by atoms with E-state index in [1.54, 1.807) is 12.3 Å². The third-order valence-corrected chi connectivity index (χ3v) is 2.36. The molecule has 3 heteroatoms. The number of anilines is 1. The van der Waals surface area contributed by atoms with E-state index in [4.69, 9.17) is 0 Å². The highest BCUT2D eigenvalue weighted by atomic mass is 16.1. The van der Waals surface area contributed by atoms with Gasteiger partial charge >= 0.3 is 0 Å². The lowest BCUT2D eigenvalue weighted by atomic mass is 10.2. The predicted octanol–water partition coefficient (Wildman–Crippen LogP) is 3.21. The second kappa shape index (κ2) is 5.77. The van der Waals surface area contributed by atoms with E-state index in [0.29, 0.717) is 5.82 Å². The largest absolute Gasteiger partial charge is 0.311 e. The number of nitrogens with zero attached hydrogens (tertiary/aromatic N) is 1. The summed E-state index contributed by atoms with van der Waals surface area (Å²) in [6.07, 6.45) is 5.74. The number of amides is 1. The first kappa shape index (κ1) is 12.0. The summed E-state index contributed by atoms with van der Waals surface area (Å²) in [5.74, 6) is 0.453. The molecule has 3 nitrogen and oxygen atoms in total. The van der Waals surface area contributed by atoms with E-state index < -0.39 is 0 Å². The van der Waals surface area contributed by atoms with Gasteiger partial charge in [-0.05, 0) is 23.3 Å². The Morgan fingerprint density at radius 3 is 2.39 bits per heavy atom. The number of nitrogens with one attached hydrogen (secondary N) is 1. The number of rotatable bonds is 3. The maximum absolute atomic E-state index is 10.8. The van der Waals surface area contributed by atoms with Gasteiger partial charge in [0.25, 0.3) is 0 Å². The zero-order chi connectivity index (χ0) is 12.8. The molecular weight excluding hydrogens is 224 g/mol. The molecule has 90 valence electrons. The number of carbonyl (C=O) groups is 1. The molecule has 0 unspecified atom stereocenters. The van der Waals surface area contributed by atoms with Gasteiger partial charge in [0.05, 0.1) is 0 Å². The third-order valence-electron chi connectivity index (χ3n) is 2.36. The summed E-state index contributed by atoms with van der Waals surface area (Å²) in [6.45, 7) is 1.46. The van der Waals surface area contributed by atoms with Crippen LogP contribution in [0, 0.1) is 0 Å². The summed E-state index contributed by atoms with van der Waals surface area (Å²) in [5.41, 5.74) is 2.14. The molecule has 1 aromatic carbocycles. The summed E-state index contributed by atoms with van der Waals surface area (Å²) in [4.78, 5) is 15.0. The van der Waals surface area contributed by atoms with Crippen molar-refractivity contribution in [3.63, 3.8) is 0 Å².